The van der Waals surface area contributed by atoms with Crippen molar-refractivity contribution in [1.29, 1.82) is 0 Å². The Bertz CT molecular complexity index is 505. The zero-order chi connectivity index (χ0) is 12.3. The molecule has 0 spiro atoms. The van der Waals surface area contributed by atoms with Crippen LogP contribution in [0.3, 0.4) is 0 Å². The maximum Gasteiger partial charge on any atom is 0.224 e. The summed E-state index contributed by atoms with van der Waals surface area (Å²) in [5, 5.41) is 3.79. The summed E-state index contributed by atoms with van der Waals surface area (Å²) in [4.78, 5) is 13.3. The largest absolute Gasteiger partial charge is 0.362 e. The third-order valence-corrected chi connectivity index (χ3v) is 2.58. The Morgan fingerprint density at radius 1 is 1.35 bits per heavy atom. The lowest BCUT2D eigenvalue weighted by molar-refractivity contribution is -0.116. The van der Waals surface area contributed by atoms with E-state index >= 15 is 0 Å². The average Bonchev–Trinajstić information content (AvgIpc) is 2.73. The SMILES string of the molecule is CC(=O)N(Cc1ccccc1)c1conc1C. The zero-order valence-electron chi connectivity index (χ0n) is 9.88. The summed E-state index contributed by atoms with van der Waals surface area (Å²) >= 11 is 0. The minimum atomic E-state index is -0.0276. The number of carbonyl (C=O) groups excluding carboxylic acids is 1. The summed E-state index contributed by atoms with van der Waals surface area (Å²) in [5.74, 6) is -0.0276. The number of benzene rings is 1. The van der Waals surface area contributed by atoms with Crippen molar-refractivity contribution < 1.29 is 9.32 Å². The molecule has 0 unspecified atom stereocenters. The van der Waals surface area contributed by atoms with E-state index in [0.29, 0.717) is 6.54 Å². The van der Waals surface area contributed by atoms with Gasteiger partial charge < -0.3 is 9.42 Å². The quantitative estimate of drug-likeness (QED) is 0.814. The van der Waals surface area contributed by atoms with Crippen LogP contribution in [0.1, 0.15) is 18.2 Å². The lowest BCUT2D eigenvalue weighted by atomic mass is 10.2. The van der Waals surface area contributed by atoms with Crippen LogP contribution in [-0.2, 0) is 11.3 Å². The Morgan fingerprint density at radius 3 is 2.59 bits per heavy atom. The van der Waals surface area contributed by atoms with Gasteiger partial charge >= 0.3 is 0 Å². The lowest BCUT2D eigenvalue weighted by Gasteiger charge is -2.19. The summed E-state index contributed by atoms with van der Waals surface area (Å²) in [6.07, 6.45) is 1.50. The van der Waals surface area contributed by atoms with E-state index in [2.05, 4.69) is 5.16 Å². The number of carbonyl (C=O) groups is 1. The maximum absolute atomic E-state index is 11.7. The number of hydrogen-bond acceptors (Lipinski definition) is 3. The maximum atomic E-state index is 11.7. The van der Waals surface area contributed by atoms with E-state index in [1.54, 1.807) is 4.90 Å². The molecule has 4 heteroatoms. The van der Waals surface area contributed by atoms with E-state index in [1.807, 2.05) is 37.3 Å². The number of anilines is 1. The van der Waals surface area contributed by atoms with Crippen LogP contribution in [0.5, 0.6) is 0 Å². The van der Waals surface area contributed by atoms with Gasteiger partial charge in [-0.05, 0) is 12.5 Å². The molecule has 88 valence electrons. The van der Waals surface area contributed by atoms with Crippen LogP contribution in [0.15, 0.2) is 41.1 Å². The zero-order valence-corrected chi connectivity index (χ0v) is 9.88. The number of rotatable bonds is 3. The van der Waals surface area contributed by atoms with Gasteiger partial charge in [0.15, 0.2) is 0 Å². The van der Waals surface area contributed by atoms with Crippen molar-refractivity contribution >= 4 is 11.6 Å². The summed E-state index contributed by atoms with van der Waals surface area (Å²) < 4.78 is 4.87. The molecule has 0 aliphatic carbocycles. The average molecular weight is 230 g/mol. The molecule has 0 atom stereocenters. The Kier molecular flexibility index (Phi) is 3.23. The second-order valence-corrected chi connectivity index (χ2v) is 3.88. The number of amides is 1. The molecular formula is C13H14N2O2. The first-order chi connectivity index (χ1) is 8.18. The molecule has 2 rings (SSSR count). The molecule has 0 saturated heterocycles. The van der Waals surface area contributed by atoms with Crippen LogP contribution in [0, 0.1) is 6.92 Å². The number of hydrogen-bond donors (Lipinski definition) is 0. The van der Waals surface area contributed by atoms with Crippen LogP contribution >= 0.6 is 0 Å². The fourth-order valence-electron chi connectivity index (χ4n) is 1.68. The van der Waals surface area contributed by atoms with Crippen molar-refractivity contribution in [3.63, 3.8) is 0 Å². The number of aromatic nitrogens is 1. The summed E-state index contributed by atoms with van der Waals surface area (Å²) in [6.45, 7) is 3.88. The van der Waals surface area contributed by atoms with Gasteiger partial charge in [-0.2, -0.15) is 0 Å². The predicted molar refractivity (Wildman–Crippen MR) is 64.5 cm³/mol. The molecule has 0 bridgehead atoms. The first kappa shape index (κ1) is 11.4. The molecule has 1 heterocycles. The minimum Gasteiger partial charge on any atom is -0.362 e. The van der Waals surface area contributed by atoms with Crippen LogP contribution < -0.4 is 4.90 Å². The smallest absolute Gasteiger partial charge is 0.224 e. The summed E-state index contributed by atoms with van der Waals surface area (Å²) in [6, 6.07) is 9.83. The monoisotopic (exact) mass is 230 g/mol. The highest BCUT2D eigenvalue weighted by molar-refractivity contribution is 5.91. The molecule has 0 N–H and O–H groups in total. The molecule has 1 amide bonds. The van der Waals surface area contributed by atoms with Gasteiger partial charge in [0.1, 0.15) is 17.6 Å². The third-order valence-electron chi connectivity index (χ3n) is 2.58. The van der Waals surface area contributed by atoms with Crippen molar-refractivity contribution in [1.82, 2.24) is 5.16 Å². The Hall–Kier alpha value is -2.10. The summed E-state index contributed by atoms with van der Waals surface area (Å²) in [5.41, 5.74) is 2.51. The summed E-state index contributed by atoms with van der Waals surface area (Å²) in [7, 11) is 0. The van der Waals surface area contributed by atoms with Gasteiger partial charge in [0.2, 0.25) is 5.91 Å². The molecule has 0 aliphatic rings. The molecule has 0 aliphatic heterocycles. The Balaban J connectivity index is 2.26. The van der Waals surface area contributed by atoms with Crippen LogP contribution in [0.4, 0.5) is 5.69 Å². The van der Waals surface area contributed by atoms with E-state index < -0.39 is 0 Å². The van der Waals surface area contributed by atoms with Gasteiger partial charge in [-0.1, -0.05) is 35.5 Å². The van der Waals surface area contributed by atoms with Gasteiger partial charge in [-0.15, -0.1) is 0 Å². The lowest BCUT2D eigenvalue weighted by Crippen LogP contribution is -2.28. The van der Waals surface area contributed by atoms with Crippen molar-refractivity contribution in [3.8, 4) is 0 Å². The van der Waals surface area contributed by atoms with Gasteiger partial charge in [-0.25, -0.2) is 0 Å². The van der Waals surface area contributed by atoms with Crippen molar-refractivity contribution in [2.45, 2.75) is 20.4 Å². The standard InChI is InChI=1S/C13H14N2O2/c1-10-13(9-17-14-10)15(11(2)16)8-12-6-4-3-5-7-12/h3-7,9H,8H2,1-2H3. The number of aryl methyl sites for hydroxylation is 1. The van der Waals surface area contributed by atoms with E-state index in [0.717, 1.165) is 16.9 Å². The highest BCUT2D eigenvalue weighted by atomic mass is 16.5. The van der Waals surface area contributed by atoms with Crippen molar-refractivity contribution in [2.24, 2.45) is 0 Å². The second kappa shape index (κ2) is 4.82. The van der Waals surface area contributed by atoms with Crippen LogP contribution in [0.2, 0.25) is 0 Å². The topological polar surface area (TPSA) is 46.3 Å². The first-order valence-corrected chi connectivity index (χ1v) is 5.41. The predicted octanol–water partition coefficient (Wildman–Crippen LogP) is 2.54. The molecule has 1 aromatic heterocycles. The van der Waals surface area contributed by atoms with Crippen LogP contribution in [-0.4, -0.2) is 11.1 Å². The molecule has 4 nitrogen and oxygen atoms in total. The molecule has 0 saturated carbocycles. The second-order valence-electron chi connectivity index (χ2n) is 3.88. The number of nitrogens with zero attached hydrogens (tertiary/aromatic N) is 2. The third kappa shape index (κ3) is 2.53. The molecule has 0 radical (unpaired) electrons. The first-order valence-electron chi connectivity index (χ1n) is 5.41. The molecule has 0 fully saturated rings. The van der Waals surface area contributed by atoms with Crippen molar-refractivity contribution in [2.75, 3.05) is 4.90 Å². The van der Waals surface area contributed by atoms with Gasteiger partial charge in [0, 0.05) is 6.92 Å². The van der Waals surface area contributed by atoms with Gasteiger partial charge in [0.05, 0.1) is 6.54 Å². The van der Waals surface area contributed by atoms with E-state index in [4.69, 9.17) is 4.52 Å². The van der Waals surface area contributed by atoms with Crippen LogP contribution in [0.25, 0.3) is 0 Å². The Labute approximate surface area is 99.8 Å². The Morgan fingerprint density at radius 2 is 2.06 bits per heavy atom. The molecule has 2 aromatic rings. The van der Waals surface area contributed by atoms with E-state index in [9.17, 15) is 4.79 Å². The molecular weight excluding hydrogens is 216 g/mol. The fourth-order valence-corrected chi connectivity index (χ4v) is 1.68. The van der Waals surface area contributed by atoms with Crippen molar-refractivity contribution in [3.05, 3.63) is 47.9 Å². The minimum absolute atomic E-state index is 0.0276. The molecule has 17 heavy (non-hydrogen) atoms. The van der Waals surface area contributed by atoms with E-state index in [1.165, 1.54) is 13.2 Å². The normalized spacial score (nSPS) is 10.2. The fraction of sp³-hybridized carbons (Fsp3) is 0.231. The molecule has 1 aromatic carbocycles. The van der Waals surface area contributed by atoms with E-state index in [-0.39, 0.29) is 5.91 Å². The highest BCUT2D eigenvalue weighted by Crippen LogP contribution is 2.20. The van der Waals surface area contributed by atoms with Gasteiger partial charge in [0.25, 0.3) is 0 Å². The highest BCUT2D eigenvalue weighted by Gasteiger charge is 2.16. The van der Waals surface area contributed by atoms with Gasteiger partial charge in [-0.3, -0.25) is 4.79 Å².